The van der Waals surface area contributed by atoms with Gasteiger partial charge in [0, 0.05) is 24.8 Å². The number of carbonyl (C=O) groups is 1. The third-order valence-electron chi connectivity index (χ3n) is 3.37. The Bertz CT molecular complexity index is 550. The maximum Gasteiger partial charge on any atom is 0.344 e. The molecular weight excluding hydrogens is 276 g/mol. The maximum absolute atomic E-state index is 11.6. The predicted molar refractivity (Wildman–Crippen MR) is 76.7 cm³/mol. The molecule has 0 spiro atoms. The highest BCUT2D eigenvalue weighted by atomic mass is 16.6. The van der Waals surface area contributed by atoms with Gasteiger partial charge in [0.2, 0.25) is 0 Å². The van der Waals surface area contributed by atoms with Gasteiger partial charge in [0.1, 0.15) is 5.56 Å². The fraction of sp³-hybridized carbons (Fsp3) is 0.500. The second-order valence-electron chi connectivity index (χ2n) is 5.11. The average Bonchev–Trinajstić information content (AvgIpc) is 2.44. The second-order valence-corrected chi connectivity index (χ2v) is 5.11. The fourth-order valence-corrected chi connectivity index (χ4v) is 2.54. The molecule has 1 fully saturated rings. The highest BCUT2D eigenvalue weighted by molar-refractivity contribution is 5.94. The first-order valence-electron chi connectivity index (χ1n) is 6.69. The molecule has 7 heteroatoms. The molecular formula is C14H18N2O5. The van der Waals surface area contributed by atoms with Crippen LogP contribution in [0.1, 0.15) is 24.2 Å². The molecule has 0 amide bonds. The monoisotopic (exact) mass is 294 g/mol. The summed E-state index contributed by atoms with van der Waals surface area (Å²) in [6, 6.07) is 4.55. The van der Waals surface area contributed by atoms with Gasteiger partial charge in [-0.05, 0) is 26.0 Å². The molecule has 0 bridgehead atoms. The molecule has 0 unspecified atom stereocenters. The Morgan fingerprint density at radius 2 is 2.00 bits per heavy atom. The molecule has 21 heavy (non-hydrogen) atoms. The molecule has 114 valence electrons. The minimum atomic E-state index is -0.711. The van der Waals surface area contributed by atoms with Crippen molar-refractivity contribution in [1.82, 2.24) is 0 Å². The van der Waals surface area contributed by atoms with Crippen molar-refractivity contribution < 1.29 is 19.2 Å². The minimum absolute atomic E-state index is 0.0411. The van der Waals surface area contributed by atoms with Crippen molar-refractivity contribution in [1.29, 1.82) is 0 Å². The summed E-state index contributed by atoms with van der Waals surface area (Å²) in [5, 5.41) is 11.2. The Hall–Kier alpha value is -2.15. The Morgan fingerprint density at radius 3 is 2.52 bits per heavy atom. The number of esters is 1. The van der Waals surface area contributed by atoms with E-state index in [-0.39, 0.29) is 23.5 Å². The van der Waals surface area contributed by atoms with Crippen LogP contribution in [0.3, 0.4) is 0 Å². The van der Waals surface area contributed by atoms with Crippen molar-refractivity contribution >= 4 is 17.3 Å². The number of hydrogen-bond donors (Lipinski definition) is 0. The molecule has 2 rings (SSSR count). The van der Waals surface area contributed by atoms with Crippen LogP contribution in [0, 0.1) is 10.1 Å². The van der Waals surface area contributed by atoms with Crippen LogP contribution in [0.2, 0.25) is 0 Å². The van der Waals surface area contributed by atoms with E-state index in [1.165, 1.54) is 19.2 Å². The summed E-state index contributed by atoms with van der Waals surface area (Å²) in [4.78, 5) is 24.2. The molecule has 0 saturated carbocycles. The van der Waals surface area contributed by atoms with Crippen LogP contribution in [-0.2, 0) is 9.47 Å². The summed E-state index contributed by atoms with van der Waals surface area (Å²) in [7, 11) is 1.20. The number of nitro groups is 1. The van der Waals surface area contributed by atoms with Crippen LogP contribution >= 0.6 is 0 Å². The zero-order valence-corrected chi connectivity index (χ0v) is 12.2. The lowest BCUT2D eigenvalue weighted by Crippen LogP contribution is -2.45. The van der Waals surface area contributed by atoms with Gasteiger partial charge in [-0.25, -0.2) is 4.79 Å². The van der Waals surface area contributed by atoms with Gasteiger partial charge in [-0.2, -0.15) is 0 Å². The Balaban J connectivity index is 2.35. The first-order chi connectivity index (χ1) is 9.92. The molecule has 1 aromatic rings. The summed E-state index contributed by atoms with van der Waals surface area (Å²) < 4.78 is 10.2. The average molecular weight is 294 g/mol. The summed E-state index contributed by atoms with van der Waals surface area (Å²) in [5.74, 6) is -0.711. The standard InChI is InChI=1S/C14H18N2O5/c1-9-7-15(8-10(2)21-9)11-4-5-12(14(17)20-3)13(6-11)16(18)19/h4-6,9-10H,7-8H2,1-3H3/t9-,10+. The lowest BCUT2D eigenvalue weighted by Gasteiger charge is -2.36. The van der Waals surface area contributed by atoms with E-state index in [0.29, 0.717) is 18.8 Å². The number of nitro benzene ring substituents is 1. The molecule has 1 heterocycles. The number of carbonyl (C=O) groups excluding carboxylic acids is 1. The third-order valence-corrected chi connectivity index (χ3v) is 3.37. The molecule has 0 aliphatic carbocycles. The SMILES string of the molecule is COC(=O)c1ccc(N2C[C@@H](C)O[C@@H](C)C2)cc1[N+](=O)[O-]. The predicted octanol–water partition coefficient (Wildman–Crippen LogP) is 1.99. The van der Waals surface area contributed by atoms with Gasteiger partial charge in [0.05, 0.1) is 24.2 Å². The van der Waals surface area contributed by atoms with Crippen molar-refractivity contribution in [2.75, 3.05) is 25.1 Å². The number of morpholine rings is 1. The maximum atomic E-state index is 11.6. The molecule has 0 aromatic heterocycles. The quantitative estimate of drug-likeness (QED) is 0.482. The van der Waals surface area contributed by atoms with Gasteiger partial charge in [-0.3, -0.25) is 10.1 Å². The minimum Gasteiger partial charge on any atom is -0.465 e. The van der Waals surface area contributed by atoms with Crippen molar-refractivity contribution in [3.63, 3.8) is 0 Å². The van der Waals surface area contributed by atoms with Crippen LogP contribution in [-0.4, -0.2) is 43.3 Å². The third kappa shape index (κ3) is 3.30. The van der Waals surface area contributed by atoms with Gasteiger partial charge in [0.15, 0.2) is 0 Å². The number of methoxy groups -OCH3 is 1. The van der Waals surface area contributed by atoms with E-state index >= 15 is 0 Å². The summed E-state index contributed by atoms with van der Waals surface area (Å²) in [6.07, 6.45) is 0.0983. The van der Waals surface area contributed by atoms with Gasteiger partial charge < -0.3 is 14.4 Å². The van der Waals surface area contributed by atoms with Crippen LogP contribution in [0.4, 0.5) is 11.4 Å². The van der Waals surface area contributed by atoms with Crippen molar-refractivity contribution in [2.45, 2.75) is 26.1 Å². The van der Waals surface area contributed by atoms with Crippen LogP contribution in [0.15, 0.2) is 18.2 Å². The van der Waals surface area contributed by atoms with E-state index in [1.54, 1.807) is 6.07 Å². The van der Waals surface area contributed by atoms with Crippen molar-refractivity contribution in [3.05, 3.63) is 33.9 Å². The van der Waals surface area contributed by atoms with Crippen molar-refractivity contribution in [2.24, 2.45) is 0 Å². The van der Waals surface area contributed by atoms with Gasteiger partial charge in [0.25, 0.3) is 5.69 Å². The number of rotatable bonds is 3. The topological polar surface area (TPSA) is 81.9 Å². The smallest absolute Gasteiger partial charge is 0.344 e. The number of hydrogen-bond acceptors (Lipinski definition) is 6. The number of anilines is 1. The van der Waals surface area contributed by atoms with Crippen LogP contribution in [0.25, 0.3) is 0 Å². The van der Waals surface area contributed by atoms with Crippen LogP contribution < -0.4 is 4.90 Å². The molecule has 1 aliphatic heterocycles. The molecule has 0 N–H and O–H groups in total. The second kappa shape index (κ2) is 6.09. The number of benzene rings is 1. The molecule has 1 aromatic carbocycles. The molecule has 2 atom stereocenters. The van der Waals surface area contributed by atoms with Crippen LogP contribution in [0.5, 0.6) is 0 Å². The normalized spacial score (nSPS) is 22.0. The number of nitrogens with zero attached hydrogens (tertiary/aromatic N) is 2. The first kappa shape index (κ1) is 15.2. The zero-order chi connectivity index (χ0) is 15.6. The Morgan fingerprint density at radius 1 is 1.38 bits per heavy atom. The molecule has 1 aliphatic rings. The van der Waals surface area contributed by atoms with E-state index in [0.717, 1.165) is 0 Å². The lowest BCUT2D eigenvalue weighted by molar-refractivity contribution is -0.385. The summed E-state index contributed by atoms with van der Waals surface area (Å²) >= 11 is 0. The Kier molecular flexibility index (Phi) is 4.42. The largest absolute Gasteiger partial charge is 0.465 e. The molecule has 0 radical (unpaired) electrons. The van der Waals surface area contributed by atoms with Gasteiger partial charge in [-0.1, -0.05) is 0 Å². The van der Waals surface area contributed by atoms with Gasteiger partial charge >= 0.3 is 5.97 Å². The molecule has 7 nitrogen and oxygen atoms in total. The Labute approximate surface area is 122 Å². The first-order valence-corrected chi connectivity index (χ1v) is 6.69. The van der Waals surface area contributed by atoms with E-state index in [4.69, 9.17) is 4.74 Å². The molecule has 1 saturated heterocycles. The highest BCUT2D eigenvalue weighted by Gasteiger charge is 2.26. The van der Waals surface area contributed by atoms with E-state index in [2.05, 4.69) is 4.74 Å². The van der Waals surface area contributed by atoms with E-state index in [1.807, 2.05) is 18.7 Å². The summed E-state index contributed by atoms with van der Waals surface area (Å²) in [5.41, 5.74) is 0.420. The van der Waals surface area contributed by atoms with Gasteiger partial charge in [-0.15, -0.1) is 0 Å². The number of ether oxygens (including phenoxy) is 2. The van der Waals surface area contributed by atoms with E-state index in [9.17, 15) is 14.9 Å². The fourth-order valence-electron chi connectivity index (χ4n) is 2.54. The zero-order valence-electron chi connectivity index (χ0n) is 12.2. The van der Waals surface area contributed by atoms with E-state index < -0.39 is 10.9 Å². The lowest BCUT2D eigenvalue weighted by atomic mass is 10.1. The van der Waals surface area contributed by atoms with Crippen molar-refractivity contribution in [3.8, 4) is 0 Å². The highest BCUT2D eigenvalue weighted by Crippen LogP contribution is 2.28. The summed E-state index contributed by atoms with van der Waals surface area (Å²) in [6.45, 7) is 5.22.